The highest BCUT2D eigenvalue weighted by Gasteiger charge is 2.16. The van der Waals surface area contributed by atoms with E-state index >= 15 is 0 Å². The van der Waals surface area contributed by atoms with Crippen LogP contribution >= 0.6 is 0 Å². The van der Waals surface area contributed by atoms with Crippen molar-refractivity contribution >= 4 is 6.09 Å². The van der Waals surface area contributed by atoms with Crippen molar-refractivity contribution in [1.29, 1.82) is 0 Å². The molecular weight excluding hydrogens is 235 g/mol. The first-order valence-electron chi connectivity index (χ1n) is 5.78. The molecule has 0 fully saturated rings. The summed E-state index contributed by atoms with van der Waals surface area (Å²) in [6.07, 6.45) is -0.564. The summed E-state index contributed by atoms with van der Waals surface area (Å²) in [5, 5.41) is 0. The Hall–Kier alpha value is -1.62. The molecule has 1 atom stereocenters. The summed E-state index contributed by atoms with van der Waals surface area (Å²) >= 11 is 0. The molecule has 0 spiro atoms. The Morgan fingerprint density at radius 1 is 1.39 bits per heavy atom. The van der Waals surface area contributed by atoms with Gasteiger partial charge in [0.1, 0.15) is 11.4 Å². The molecule has 0 aliphatic heterocycles. The quantitative estimate of drug-likeness (QED) is 0.815. The highest BCUT2D eigenvalue weighted by Crippen LogP contribution is 2.12. The van der Waals surface area contributed by atoms with Crippen molar-refractivity contribution in [2.24, 2.45) is 0 Å². The van der Waals surface area contributed by atoms with E-state index in [-0.39, 0.29) is 11.9 Å². The molecule has 1 unspecified atom stereocenters. The Labute approximate surface area is 106 Å². The van der Waals surface area contributed by atoms with Gasteiger partial charge in [-0.1, -0.05) is 12.1 Å². The Balaban J connectivity index is 2.46. The van der Waals surface area contributed by atoms with E-state index in [1.54, 1.807) is 32.9 Å². The number of carbonyl (C=O) groups is 1. The third-order valence-corrected chi connectivity index (χ3v) is 2.14. The van der Waals surface area contributed by atoms with Crippen LogP contribution in [-0.4, -0.2) is 11.7 Å². The van der Waals surface area contributed by atoms with Gasteiger partial charge in [0.2, 0.25) is 0 Å². The van der Waals surface area contributed by atoms with Crippen molar-refractivity contribution < 1.29 is 13.9 Å². The molecule has 4 nitrogen and oxygen atoms in total. The smallest absolute Gasteiger partial charge is 0.422 e. The van der Waals surface area contributed by atoms with E-state index in [0.29, 0.717) is 0 Å². The van der Waals surface area contributed by atoms with Crippen LogP contribution in [0.3, 0.4) is 0 Å². The lowest BCUT2D eigenvalue weighted by Gasteiger charge is -2.21. The fourth-order valence-electron chi connectivity index (χ4n) is 1.33. The minimum atomic E-state index is -0.564. The number of nitrogens with one attached hydrogen (secondary N) is 2. The van der Waals surface area contributed by atoms with Crippen molar-refractivity contribution in [3.05, 3.63) is 35.6 Å². The van der Waals surface area contributed by atoms with Gasteiger partial charge in [0.25, 0.3) is 0 Å². The summed E-state index contributed by atoms with van der Waals surface area (Å²) in [6.45, 7) is 7.15. The SMILES string of the molecule is CC(NNC(=O)OC(C)(C)C)c1cccc(F)c1. The lowest BCUT2D eigenvalue weighted by molar-refractivity contribution is 0.0489. The van der Waals surface area contributed by atoms with Gasteiger partial charge in [-0.2, -0.15) is 0 Å². The van der Waals surface area contributed by atoms with E-state index in [1.807, 2.05) is 6.92 Å². The molecule has 100 valence electrons. The fourth-order valence-corrected chi connectivity index (χ4v) is 1.33. The largest absolute Gasteiger partial charge is 0.443 e. The Morgan fingerprint density at radius 3 is 2.61 bits per heavy atom. The highest BCUT2D eigenvalue weighted by atomic mass is 19.1. The summed E-state index contributed by atoms with van der Waals surface area (Å²) in [5.41, 5.74) is 5.37. The average molecular weight is 254 g/mol. The zero-order valence-electron chi connectivity index (χ0n) is 11.1. The number of hydrogen-bond acceptors (Lipinski definition) is 3. The molecule has 0 radical (unpaired) electrons. The molecular formula is C13H19FN2O2. The summed E-state index contributed by atoms with van der Waals surface area (Å²) in [7, 11) is 0. The molecule has 0 heterocycles. The third kappa shape index (κ3) is 5.14. The van der Waals surface area contributed by atoms with Crippen LogP contribution < -0.4 is 10.9 Å². The van der Waals surface area contributed by atoms with Gasteiger partial charge in [-0.05, 0) is 45.4 Å². The highest BCUT2D eigenvalue weighted by molar-refractivity contribution is 5.67. The van der Waals surface area contributed by atoms with Crippen LogP contribution in [-0.2, 0) is 4.74 Å². The van der Waals surface area contributed by atoms with Gasteiger partial charge < -0.3 is 4.74 Å². The third-order valence-electron chi connectivity index (χ3n) is 2.14. The number of carbonyl (C=O) groups excluding carboxylic acids is 1. The average Bonchev–Trinajstić information content (AvgIpc) is 2.23. The van der Waals surface area contributed by atoms with Gasteiger partial charge in [0.15, 0.2) is 0 Å². The molecule has 0 saturated carbocycles. The minimum Gasteiger partial charge on any atom is -0.443 e. The molecule has 0 saturated heterocycles. The molecule has 1 amide bonds. The molecule has 0 aliphatic carbocycles. The predicted molar refractivity (Wildman–Crippen MR) is 67.3 cm³/mol. The van der Waals surface area contributed by atoms with E-state index in [4.69, 9.17) is 4.74 Å². The summed E-state index contributed by atoms with van der Waals surface area (Å²) in [5.74, 6) is -0.307. The zero-order chi connectivity index (χ0) is 13.8. The van der Waals surface area contributed by atoms with Gasteiger partial charge in [-0.3, -0.25) is 5.43 Å². The lowest BCUT2D eigenvalue weighted by Crippen LogP contribution is -2.42. The second-order valence-electron chi connectivity index (χ2n) is 5.05. The molecule has 0 bridgehead atoms. The van der Waals surface area contributed by atoms with Crippen molar-refractivity contribution in [3.8, 4) is 0 Å². The van der Waals surface area contributed by atoms with Crippen LogP contribution in [0.25, 0.3) is 0 Å². The number of halogens is 1. The van der Waals surface area contributed by atoms with Gasteiger partial charge in [-0.15, -0.1) is 0 Å². The van der Waals surface area contributed by atoms with Crippen LogP contribution in [0.5, 0.6) is 0 Å². The number of benzene rings is 1. The normalized spacial score (nSPS) is 12.9. The molecule has 0 aliphatic rings. The molecule has 0 aromatic heterocycles. The van der Waals surface area contributed by atoms with Crippen molar-refractivity contribution in [3.63, 3.8) is 0 Å². The molecule has 1 rings (SSSR count). The number of rotatable bonds is 3. The van der Waals surface area contributed by atoms with E-state index in [1.165, 1.54) is 12.1 Å². The first-order valence-corrected chi connectivity index (χ1v) is 5.78. The Kier molecular flexibility index (Phi) is 4.67. The second-order valence-corrected chi connectivity index (χ2v) is 5.05. The summed E-state index contributed by atoms with van der Waals surface area (Å²) in [6, 6.07) is 5.97. The Morgan fingerprint density at radius 2 is 2.06 bits per heavy atom. The monoisotopic (exact) mass is 254 g/mol. The maximum Gasteiger partial charge on any atom is 0.422 e. The number of ether oxygens (including phenoxy) is 1. The number of amides is 1. The maximum absolute atomic E-state index is 13.0. The van der Waals surface area contributed by atoms with Crippen LogP contribution in [0.15, 0.2) is 24.3 Å². The lowest BCUT2D eigenvalue weighted by atomic mass is 10.1. The molecule has 18 heavy (non-hydrogen) atoms. The van der Waals surface area contributed by atoms with Crippen LogP contribution in [0.1, 0.15) is 39.3 Å². The molecule has 2 N–H and O–H groups in total. The standard InChI is InChI=1S/C13H19FN2O2/c1-9(10-6-5-7-11(14)8-10)15-16-12(17)18-13(2,3)4/h5-9,15H,1-4H3,(H,16,17). The van der Waals surface area contributed by atoms with Gasteiger partial charge >= 0.3 is 6.09 Å². The van der Waals surface area contributed by atoms with Crippen LogP contribution in [0, 0.1) is 5.82 Å². The van der Waals surface area contributed by atoms with E-state index in [0.717, 1.165) is 5.56 Å². The predicted octanol–water partition coefficient (Wildman–Crippen LogP) is 2.92. The molecule has 5 heteroatoms. The fraction of sp³-hybridized carbons (Fsp3) is 0.462. The van der Waals surface area contributed by atoms with E-state index in [9.17, 15) is 9.18 Å². The first-order chi connectivity index (χ1) is 8.28. The van der Waals surface area contributed by atoms with Crippen LogP contribution in [0.2, 0.25) is 0 Å². The summed E-state index contributed by atoms with van der Waals surface area (Å²) in [4.78, 5) is 11.4. The summed E-state index contributed by atoms with van der Waals surface area (Å²) < 4.78 is 18.1. The van der Waals surface area contributed by atoms with Crippen molar-refractivity contribution in [1.82, 2.24) is 10.9 Å². The Bertz CT molecular complexity index is 416. The topological polar surface area (TPSA) is 50.4 Å². The second kappa shape index (κ2) is 5.82. The number of hydrogen-bond donors (Lipinski definition) is 2. The van der Waals surface area contributed by atoms with Gasteiger partial charge in [0, 0.05) is 6.04 Å². The maximum atomic E-state index is 13.0. The van der Waals surface area contributed by atoms with E-state index < -0.39 is 11.7 Å². The molecule has 1 aromatic carbocycles. The van der Waals surface area contributed by atoms with Crippen molar-refractivity contribution in [2.75, 3.05) is 0 Å². The number of hydrazine groups is 1. The van der Waals surface area contributed by atoms with Gasteiger partial charge in [0.05, 0.1) is 0 Å². The minimum absolute atomic E-state index is 0.215. The van der Waals surface area contributed by atoms with E-state index in [2.05, 4.69) is 10.9 Å². The molecule has 1 aromatic rings. The van der Waals surface area contributed by atoms with Gasteiger partial charge in [-0.25, -0.2) is 14.6 Å². The first kappa shape index (κ1) is 14.4. The van der Waals surface area contributed by atoms with Crippen molar-refractivity contribution in [2.45, 2.75) is 39.3 Å². The van der Waals surface area contributed by atoms with Crippen LogP contribution in [0.4, 0.5) is 9.18 Å². The zero-order valence-corrected chi connectivity index (χ0v) is 11.1.